The van der Waals surface area contributed by atoms with E-state index in [9.17, 15) is 9.59 Å². The smallest absolute Gasteiger partial charge is 0.348 e. The van der Waals surface area contributed by atoms with E-state index >= 15 is 0 Å². The van der Waals surface area contributed by atoms with Crippen LogP contribution in [0.25, 0.3) is 22.4 Å². The normalized spacial score (nSPS) is 16.4. The highest BCUT2D eigenvalue weighted by Crippen LogP contribution is 2.37. The number of aromatic nitrogens is 5. The van der Waals surface area contributed by atoms with Crippen molar-refractivity contribution in [2.75, 3.05) is 6.61 Å². The van der Waals surface area contributed by atoms with Gasteiger partial charge in [-0.15, -0.1) is 16.4 Å². The van der Waals surface area contributed by atoms with Crippen LogP contribution < -0.4 is 5.56 Å². The molecule has 9 nitrogen and oxygen atoms in total. The number of fused-ring (bicyclic) bond motifs is 1. The van der Waals surface area contributed by atoms with Crippen LogP contribution in [0.5, 0.6) is 0 Å². The number of aryl methyl sites for hydroxylation is 1. The minimum atomic E-state index is -0.312. The van der Waals surface area contributed by atoms with Crippen LogP contribution in [-0.2, 0) is 11.2 Å². The average molecular weight is 533 g/mol. The summed E-state index contributed by atoms with van der Waals surface area (Å²) in [6.07, 6.45) is 5.55. The molecule has 3 aromatic heterocycles. The molecule has 0 bridgehead atoms. The van der Waals surface area contributed by atoms with Gasteiger partial charge in [-0.2, -0.15) is 4.68 Å². The number of halogens is 1. The maximum atomic E-state index is 13.4. The zero-order valence-corrected chi connectivity index (χ0v) is 21.4. The van der Waals surface area contributed by atoms with Gasteiger partial charge in [-0.1, -0.05) is 11.6 Å². The fourth-order valence-corrected chi connectivity index (χ4v) is 5.98. The number of pyridine rings is 1. The zero-order valence-electron chi connectivity index (χ0n) is 19.8. The molecule has 0 saturated heterocycles. The molecule has 0 spiro atoms. The topological polar surface area (TPSA) is 104 Å². The molecule has 2 aliphatic rings. The molecule has 0 unspecified atom stereocenters. The van der Waals surface area contributed by atoms with Crippen molar-refractivity contribution in [2.24, 2.45) is 4.99 Å². The highest BCUT2D eigenvalue weighted by molar-refractivity contribution is 7.15. The molecule has 4 aromatic rings. The number of aliphatic imine (C=N–C) groups is 1. The summed E-state index contributed by atoms with van der Waals surface area (Å²) in [5, 5.41) is 12.0. The Balaban J connectivity index is 1.27. The first-order chi connectivity index (χ1) is 18.0. The lowest BCUT2D eigenvalue weighted by molar-refractivity contribution is 0.0532. The minimum absolute atomic E-state index is 0.0884. The van der Waals surface area contributed by atoms with Crippen LogP contribution in [0.4, 0.5) is 0 Å². The zero-order chi connectivity index (χ0) is 25.5. The number of hydrogen-bond acceptors (Lipinski definition) is 8. The van der Waals surface area contributed by atoms with Crippen molar-refractivity contribution in [1.29, 1.82) is 0 Å². The van der Waals surface area contributed by atoms with E-state index in [1.54, 1.807) is 29.8 Å². The number of nitrogens with zero attached hydrogens (tertiary/aromatic N) is 6. The van der Waals surface area contributed by atoms with Crippen molar-refractivity contribution >= 4 is 40.2 Å². The highest BCUT2D eigenvalue weighted by Gasteiger charge is 2.30. The van der Waals surface area contributed by atoms with Gasteiger partial charge in [0, 0.05) is 45.6 Å². The molecule has 11 heteroatoms. The highest BCUT2D eigenvalue weighted by atomic mass is 35.5. The fourth-order valence-electron chi connectivity index (χ4n) is 4.90. The van der Waals surface area contributed by atoms with E-state index in [1.165, 1.54) is 17.7 Å². The number of hydrogen-bond donors (Lipinski definition) is 0. The van der Waals surface area contributed by atoms with Crippen molar-refractivity contribution in [3.8, 4) is 16.8 Å². The molecular formula is C26H21ClN6O3S. The molecule has 37 heavy (non-hydrogen) atoms. The first-order valence-corrected chi connectivity index (χ1v) is 13.0. The predicted molar refractivity (Wildman–Crippen MR) is 142 cm³/mol. The number of rotatable bonds is 6. The molecule has 5 heterocycles. The Hall–Kier alpha value is -3.89. The lowest BCUT2D eigenvalue weighted by Gasteiger charge is -2.17. The Kier molecular flexibility index (Phi) is 6.05. The standard InChI is InChI=1S/C26H21ClN6O3S/c1-2-36-26(35)24-8-7-23(37-24)16-10-20(28-13-16)22-6-4-18-9-15(11-25(34)33(18)22)19-12-17(27)3-5-21(19)32-14-29-30-31-32/h3,5,7-9,11-14,22H,2,4,6,10H2,1H3/t22-/m0/s1. The molecule has 1 atom stereocenters. The Morgan fingerprint density at radius 3 is 2.92 bits per heavy atom. The second-order valence-electron chi connectivity index (χ2n) is 8.75. The number of carbonyl (C=O) groups is 1. The van der Waals surface area contributed by atoms with Gasteiger partial charge in [0.15, 0.2) is 0 Å². The summed E-state index contributed by atoms with van der Waals surface area (Å²) in [5.74, 6) is -0.312. The van der Waals surface area contributed by atoms with Crippen molar-refractivity contribution in [3.05, 3.63) is 85.8 Å². The van der Waals surface area contributed by atoms with E-state index in [0.29, 0.717) is 22.9 Å². The van der Waals surface area contributed by atoms with Crippen LogP contribution in [0, 0.1) is 0 Å². The van der Waals surface area contributed by atoms with Crippen LogP contribution in [0.15, 0.2) is 64.8 Å². The summed E-state index contributed by atoms with van der Waals surface area (Å²) < 4.78 is 8.50. The van der Waals surface area contributed by atoms with Gasteiger partial charge >= 0.3 is 5.97 Å². The Morgan fingerprint density at radius 2 is 2.11 bits per heavy atom. The van der Waals surface area contributed by atoms with E-state index in [4.69, 9.17) is 16.3 Å². The van der Waals surface area contributed by atoms with Crippen molar-refractivity contribution in [1.82, 2.24) is 24.8 Å². The monoisotopic (exact) mass is 532 g/mol. The van der Waals surface area contributed by atoms with Gasteiger partial charge in [0.2, 0.25) is 0 Å². The number of ether oxygens (including phenoxy) is 1. The third kappa shape index (κ3) is 4.32. The molecule has 6 rings (SSSR count). The molecule has 0 radical (unpaired) electrons. The molecule has 0 N–H and O–H groups in total. The van der Waals surface area contributed by atoms with Gasteiger partial charge in [-0.05, 0) is 77.7 Å². The SMILES string of the molecule is CCOC(=O)c1ccc(C2=CN=C([C@@H]3CCc4cc(-c5cc(Cl)ccc5-n5cnnn5)cc(=O)n43)C2)s1. The summed E-state index contributed by atoms with van der Waals surface area (Å²) in [6, 6.07) is 12.7. The summed E-state index contributed by atoms with van der Waals surface area (Å²) in [4.78, 5) is 31.7. The summed E-state index contributed by atoms with van der Waals surface area (Å²) >= 11 is 7.70. The van der Waals surface area contributed by atoms with Crippen LogP contribution in [0.3, 0.4) is 0 Å². The largest absolute Gasteiger partial charge is 0.462 e. The molecule has 186 valence electrons. The molecule has 1 aromatic carbocycles. The van der Waals surface area contributed by atoms with E-state index < -0.39 is 0 Å². The minimum Gasteiger partial charge on any atom is -0.462 e. The first kappa shape index (κ1) is 23.5. The van der Waals surface area contributed by atoms with Gasteiger partial charge in [0.25, 0.3) is 5.56 Å². The fraction of sp³-hybridized carbons (Fsp3) is 0.231. The van der Waals surface area contributed by atoms with Crippen molar-refractivity contribution in [2.45, 2.75) is 32.2 Å². The number of allylic oxidation sites excluding steroid dienone is 1. The van der Waals surface area contributed by atoms with E-state index in [-0.39, 0.29) is 17.6 Å². The molecule has 0 aliphatic carbocycles. The van der Waals surface area contributed by atoms with Crippen LogP contribution in [0.1, 0.15) is 46.0 Å². The van der Waals surface area contributed by atoms with Crippen molar-refractivity contribution < 1.29 is 9.53 Å². The van der Waals surface area contributed by atoms with Crippen molar-refractivity contribution in [3.63, 3.8) is 0 Å². The molecular weight excluding hydrogens is 512 g/mol. The second kappa shape index (κ2) is 9.53. The van der Waals surface area contributed by atoms with Gasteiger partial charge in [0.05, 0.1) is 18.3 Å². The number of tetrazole rings is 1. The lowest BCUT2D eigenvalue weighted by atomic mass is 10.0. The first-order valence-electron chi connectivity index (χ1n) is 11.8. The van der Waals surface area contributed by atoms with Crippen LogP contribution in [-0.4, -0.2) is 43.1 Å². The average Bonchev–Trinajstić information content (AvgIpc) is 3.69. The van der Waals surface area contributed by atoms with Crippen LogP contribution in [0.2, 0.25) is 5.02 Å². The molecule has 2 aliphatic heterocycles. The molecule has 0 saturated carbocycles. The van der Waals surface area contributed by atoms with E-state index in [2.05, 4.69) is 20.5 Å². The number of benzene rings is 1. The number of carbonyl (C=O) groups excluding carboxylic acids is 1. The Bertz CT molecular complexity index is 1640. The third-order valence-corrected chi connectivity index (χ3v) is 7.92. The van der Waals surface area contributed by atoms with Gasteiger partial charge in [-0.3, -0.25) is 9.79 Å². The third-order valence-electron chi connectivity index (χ3n) is 6.54. The number of thiophene rings is 1. The molecule has 0 amide bonds. The lowest BCUT2D eigenvalue weighted by Crippen LogP contribution is -2.27. The van der Waals surface area contributed by atoms with Gasteiger partial charge in [-0.25, -0.2) is 4.79 Å². The summed E-state index contributed by atoms with van der Waals surface area (Å²) in [6.45, 7) is 2.13. The van der Waals surface area contributed by atoms with E-state index in [0.717, 1.165) is 51.5 Å². The summed E-state index contributed by atoms with van der Waals surface area (Å²) in [7, 11) is 0. The maximum absolute atomic E-state index is 13.4. The van der Waals surface area contributed by atoms with Gasteiger partial charge in [0.1, 0.15) is 11.2 Å². The Morgan fingerprint density at radius 1 is 1.22 bits per heavy atom. The molecule has 0 fully saturated rings. The quantitative estimate of drug-likeness (QED) is 0.332. The second-order valence-corrected chi connectivity index (χ2v) is 10.3. The maximum Gasteiger partial charge on any atom is 0.348 e. The Labute approximate surface area is 220 Å². The van der Waals surface area contributed by atoms with Gasteiger partial charge < -0.3 is 9.30 Å². The predicted octanol–water partition coefficient (Wildman–Crippen LogP) is 4.76. The van der Waals surface area contributed by atoms with Crippen LogP contribution >= 0.6 is 22.9 Å². The summed E-state index contributed by atoms with van der Waals surface area (Å²) in [5.41, 5.74) is 5.13. The van der Waals surface area contributed by atoms with E-state index in [1.807, 2.05) is 35.0 Å². The number of esters is 1.